The minimum absolute atomic E-state index is 0.0833. The molecule has 2 aliphatic carbocycles. The fraction of sp³-hybridized carbons (Fsp3) is 1.00. The highest BCUT2D eigenvalue weighted by atomic mass is 19.4. The first kappa shape index (κ1) is 22.4. The van der Waals surface area contributed by atoms with Crippen LogP contribution in [0.5, 0.6) is 0 Å². The minimum atomic E-state index is -4.40. The van der Waals surface area contributed by atoms with Crippen LogP contribution in [0.3, 0.4) is 0 Å². The fourth-order valence-electron chi connectivity index (χ4n) is 7.00. The Morgan fingerprint density at radius 2 is 1.68 bits per heavy atom. The normalized spacial score (nSPS) is 45.4. The second-order valence-electron chi connectivity index (χ2n) is 10.4. The van der Waals surface area contributed by atoms with E-state index in [0.29, 0.717) is 31.7 Å². The zero-order chi connectivity index (χ0) is 21.5. The third-order valence-corrected chi connectivity index (χ3v) is 8.65. The zero-order valence-corrected chi connectivity index (χ0v) is 18.4. The Morgan fingerprint density at radius 3 is 2.45 bits per heavy atom. The lowest BCUT2D eigenvalue weighted by molar-refractivity contribution is -0.212. The van der Waals surface area contributed by atoms with Crippen LogP contribution in [0, 0.1) is 11.8 Å². The Morgan fingerprint density at radius 1 is 0.871 bits per heavy atom. The van der Waals surface area contributed by atoms with E-state index in [0.717, 1.165) is 44.7 Å². The van der Waals surface area contributed by atoms with Crippen molar-refractivity contribution in [1.82, 2.24) is 10.2 Å². The number of piperidine rings is 1. The van der Waals surface area contributed by atoms with Crippen molar-refractivity contribution in [2.75, 3.05) is 32.9 Å². The Labute approximate surface area is 183 Å². The first-order valence-corrected chi connectivity index (χ1v) is 12.4. The van der Waals surface area contributed by atoms with E-state index < -0.39 is 17.9 Å². The zero-order valence-electron chi connectivity index (χ0n) is 18.4. The molecule has 3 unspecified atom stereocenters. The summed E-state index contributed by atoms with van der Waals surface area (Å²) in [5.41, 5.74) is -0.705. The number of nitrogens with zero attached hydrogens (tertiary/aromatic N) is 1. The van der Waals surface area contributed by atoms with Crippen LogP contribution >= 0.6 is 0 Å². The van der Waals surface area contributed by atoms with Gasteiger partial charge in [0, 0.05) is 6.54 Å². The third kappa shape index (κ3) is 4.65. The predicted molar refractivity (Wildman–Crippen MR) is 110 cm³/mol. The van der Waals surface area contributed by atoms with Gasteiger partial charge in [0.2, 0.25) is 6.23 Å². The molecule has 4 heterocycles. The number of hydrogen-bond donors (Lipinski definition) is 1. The smallest absolute Gasteiger partial charge is 0.377 e. The molecule has 0 aromatic heterocycles. The number of nitrogens with one attached hydrogen (secondary N) is 1. The van der Waals surface area contributed by atoms with Gasteiger partial charge < -0.3 is 14.2 Å². The number of hydrogen-bond acceptors (Lipinski definition) is 5. The van der Waals surface area contributed by atoms with E-state index in [1.54, 1.807) is 0 Å². The molecule has 0 amide bonds. The van der Waals surface area contributed by atoms with Crippen molar-refractivity contribution in [1.29, 1.82) is 0 Å². The van der Waals surface area contributed by atoms with Crippen LogP contribution in [-0.4, -0.2) is 74.0 Å². The fourth-order valence-corrected chi connectivity index (χ4v) is 7.00. The molecule has 5 atom stereocenters. The lowest BCUT2D eigenvalue weighted by Crippen LogP contribution is -2.66. The Bertz CT molecular complexity index is 613. The molecule has 5 nitrogen and oxygen atoms in total. The monoisotopic (exact) mass is 446 g/mol. The highest BCUT2D eigenvalue weighted by Crippen LogP contribution is 2.42. The van der Waals surface area contributed by atoms with Crippen molar-refractivity contribution in [2.24, 2.45) is 11.8 Å². The van der Waals surface area contributed by atoms with E-state index in [1.807, 2.05) is 0 Å². The number of alkyl halides is 3. The summed E-state index contributed by atoms with van der Waals surface area (Å²) in [7, 11) is 0. The first-order valence-electron chi connectivity index (χ1n) is 12.4. The molecule has 2 bridgehead atoms. The van der Waals surface area contributed by atoms with Crippen molar-refractivity contribution in [2.45, 2.75) is 100 Å². The second kappa shape index (κ2) is 9.09. The standard InChI is InChI=1S/C23H37F3N2O3/c24-23(25,26)21-27-22(15-31-21)10-3-11-28-12-13-29-19-5-2-1-4-18(19)16-6-8-17(9-7-16)30-14-20(22)28/h16-21,27H,1-15H2/t16?,17?,18?,19?,20-,21?,22+/m0/s1. The van der Waals surface area contributed by atoms with E-state index >= 15 is 0 Å². The van der Waals surface area contributed by atoms with Gasteiger partial charge in [-0.05, 0) is 69.7 Å². The maximum absolute atomic E-state index is 13.4. The summed E-state index contributed by atoms with van der Waals surface area (Å²) in [5.74, 6) is 1.40. The topological polar surface area (TPSA) is 43.0 Å². The van der Waals surface area contributed by atoms with Crippen LogP contribution in [-0.2, 0) is 14.2 Å². The van der Waals surface area contributed by atoms with Gasteiger partial charge in [0.25, 0.3) is 0 Å². The molecular formula is C23H37F3N2O3. The van der Waals surface area contributed by atoms with Crippen LogP contribution in [0.2, 0.25) is 0 Å². The SMILES string of the molecule is FC(F)(F)C1N[C@]2(CCCN3CCOC4CCCCC4C4CCC(CC4)OC[C@H]32)CO1. The molecule has 8 heteroatoms. The maximum atomic E-state index is 13.4. The summed E-state index contributed by atoms with van der Waals surface area (Å²) in [6, 6.07) is -0.127. The molecular weight excluding hydrogens is 409 g/mol. The summed E-state index contributed by atoms with van der Waals surface area (Å²) in [5, 5.41) is 2.85. The van der Waals surface area contributed by atoms with Crippen molar-refractivity contribution < 1.29 is 27.4 Å². The molecule has 6 fully saturated rings. The first-order chi connectivity index (χ1) is 14.9. The maximum Gasteiger partial charge on any atom is 0.428 e. The molecule has 2 saturated carbocycles. The van der Waals surface area contributed by atoms with Gasteiger partial charge in [0.15, 0.2) is 0 Å². The van der Waals surface area contributed by atoms with E-state index in [2.05, 4.69) is 10.2 Å². The molecule has 178 valence electrons. The van der Waals surface area contributed by atoms with Gasteiger partial charge >= 0.3 is 6.18 Å². The van der Waals surface area contributed by atoms with Crippen molar-refractivity contribution >= 4 is 0 Å². The van der Waals surface area contributed by atoms with Gasteiger partial charge in [-0.3, -0.25) is 10.2 Å². The number of halogens is 3. The van der Waals surface area contributed by atoms with E-state index in [9.17, 15) is 13.2 Å². The predicted octanol–water partition coefficient (Wildman–Crippen LogP) is 3.86. The number of rotatable bonds is 0. The van der Waals surface area contributed by atoms with Crippen molar-refractivity contribution in [3.8, 4) is 0 Å². The summed E-state index contributed by atoms with van der Waals surface area (Å²) in [6.45, 7) is 2.81. The van der Waals surface area contributed by atoms with Gasteiger partial charge in [0.1, 0.15) is 0 Å². The van der Waals surface area contributed by atoms with E-state index in [4.69, 9.17) is 14.2 Å². The van der Waals surface area contributed by atoms with Crippen LogP contribution in [0.25, 0.3) is 0 Å². The highest BCUT2D eigenvalue weighted by Gasteiger charge is 2.56. The third-order valence-electron chi connectivity index (χ3n) is 8.65. The molecule has 1 spiro atoms. The number of ether oxygens (including phenoxy) is 3. The largest absolute Gasteiger partial charge is 0.428 e. The molecule has 6 aliphatic rings. The van der Waals surface area contributed by atoms with Crippen LogP contribution < -0.4 is 5.32 Å². The molecule has 6 rings (SSSR count). The molecule has 31 heavy (non-hydrogen) atoms. The highest BCUT2D eigenvalue weighted by molar-refractivity contribution is 5.07. The number of fused-ring (bicyclic) bond motifs is 5. The van der Waals surface area contributed by atoms with Crippen LogP contribution in [0.4, 0.5) is 13.2 Å². The van der Waals surface area contributed by atoms with Gasteiger partial charge in [0.05, 0.1) is 43.6 Å². The Balaban J connectivity index is 1.34. The van der Waals surface area contributed by atoms with E-state index in [1.165, 1.54) is 32.1 Å². The van der Waals surface area contributed by atoms with Crippen LogP contribution in [0.15, 0.2) is 0 Å². The second-order valence-corrected chi connectivity index (χ2v) is 10.4. The lowest BCUT2D eigenvalue weighted by atomic mass is 9.71. The van der Waals surface area contributed by atoms with E-state index in [-0.39, 0.29) is 18.8 Å². The molecule has 0 radical (unpaired) electrons. The van der Waals surface area contributed by atoms with Gasteiger partial charge in [-0.15, -0.1) is 0 Å². The van der Waals surface area contributed by atoms with Crippen LogP contribution in [0.1, 0.15) is 64.2 Å². The molecule has 1 N–H and O–H groups in total. The summed E-state index contributed by atoms with van der Waals surface area (Å²) < 4.78 is 58.2. The Hall–Kier alpha value is -0.410. The molecule has 4 saturated heterocycles. The quantitative estimate of drug-likeness (QED) is 0.612. The summed E-state index contributed by atoms with van der Waals surface area (Å²) in [4.78, 5) is 2.31. The average molecular weight is 447 g/mol. The molecule has 0 aromatic rings. The van der Waals surface area contributed by atoms with Crippen molar-refractivity contribution in [3.05, 3.63) is 0 Å². The average Bonchev–Trinajstić information content (AvgIpc) is 3.19. The summed E-state index contributed by atoms with van der Waals surface area (Å²) in [6.07, 6.45) is 5.30. The molecule has 0 aromatic carbocycles. The van der Waals surface area contributed by atoms with Gasteiger partial charge in [-0.25, -0.2) is 0 Å². The van der Waals surface area contributed by atoms with Crippen molar-refractivity contribution in [3.63, 3.8) is 0 Å². The van der Waals surface area contributed by atoms with Gasteiger partial charge in [-0.2, -0.15) is 13.2 Å². The van der Waals surface area contributed by atoms with Gasteiger partial charge in [-0.1, -0.05) is 12.8 Å². The summed E-state index contributed by atoms with van der Waals surface area (Å²) >= 11 is 0. The minimum Gasteiger partial charge on any atom is -0.377 e. The molecule has 4 aliphatic heterocycles. The Kier molecular flexibility index (Phi) is 6.56. The lowest BCUT2D eigenvalue weighted by Gasteiger charge is -2.48.